The Morgan fingerprint density at radius 2 is 1.52 bits per heavy atom. The Morgan fingerprint density at radius 1 is 1.10 bits per heavy atom. The molecular weight excluding hydrogens is 282 g/mol. The Bertz CT molecular complexity index is 431. The van der Waals surface area contributed by atoms with Gasteiger partial charge >= 0.3 is 0 Å². The highest BCUT2D eigenvalue weighted by Crippen LogP contribution is 1.76. The number of amides is 2. The first kappa shape index (κ1) is 23.1. The van der Waals surface area contributed by atoms with Crippen LogP contribution in [0.25, 0.3) is 0 Å². The fraction of sp³-hybridized carbons (Fsp3) is 0.455. The summed E-state index contributed by atoms with van der Waals surface area (Å²) in [4.78, 5) is 39.7. The van der Waals surface area contributed by atoms with E-state index in [9.17, 15) is 14.4 Å². The molecule has 116 valence electrons. The maximum Gasteiger partial charge on any atom is 0.300 e. The summed E-state index contributed by atoms with van der Waals surface area (Å²) >= 11 is 0. The van der Waals surface area contributed by atoms with E-state index >= 15 is 0 Å². The van der Waals surface area contributed by atoms with Crippen LogP contribution in [0, 0.1) is 22.7 Å². The van der Waals surface area contributed by atoms with Gasteiger partial charge in [0, 0.05) is 13.8 Å². The molecule has 10 nitrogen and oxygen atoms in total. The van der Waals surface area contributed by atoms with E-state index in [1.807, 2.05) is 0 Å². The van der Waals surface area contributed by atoms with Crippen LogP contribution < -0.4 is 16.6 Å². The first-order chi connectivity index (χ1) is 9.70. The highest BCUT2D eigenvalue weighted by atomic mass is 16.4. The smallest absolute Gasteiger partial charge is 0.300 e. The minimum absolute atomic E-state index is 0.0388. The number of carbonyl (C=O) groups is 4. The summed E-state index contributed by atoms with van der Waals surface area (Å²) in [5.74, 6) is 2.79. The number of aliphatic carboxylic acids is 1. The lowest BCUT2D eigenvalue weighted by Crippen LogP contribution is -2.29. The second-order valence-electron chi connectivity index (χ2n) is 3.20. The summed E-state index contributed by atoms with van der Waals surface area (Å²) < 4.78 is 0. The van der Waals surface area contributed by atoms with E-state index in [1.165, 1.54) is 6.92 Å². The predicted octanol–water partition coefficient (Wildman–Crippen LogP) is -1.41. The van der Waals surface area contributed by atoms with Crippen LogP contribution in [0.2, 0.25) is 0 Å². The SMILES string of the molecule is CC(=O)NCC(=O)CC#N.CC(=O)O.N#CCC(=O)NN. The van der Waals surface area contributed by atoms with Crippen molar-refractivity contribution in [3.63, 3.8) is 0 Å². The van der Waals surface area contributed by atoms with E-state index in [4.69, 9.17) is 20.4 Å². The average Bonchev–Trinajstić information content (AvgIpc) is 2.37. The van der Waals surface area contributed by atoms with Crippen LogP contribution in [0.4, 0.5) is 0 Å². The number of ketones is 1. The van der Waals surface area contributed by atoms with Crippen LogP contribution in [0.15, 0.2) is 0 Å². The molecule has 0 aromatic carbocycles. The van der Waals surface area contributed by atoms with Crippen molar-refractivity contribution in [3.05, 3.63) is 0 Å². The number of nitrogens with zero attached hydrogens (tertiary/aromatic N) is 2. The van der Waals surface area contributed by atoms with Crippen molar-refractivity contribution in [1.82, 2.24) is 10.7 Å². The number of carboxylic acids is 1. The number of Topliss-reactive ketones (excluding diaryl/α,β-unsaturated/α-hetero) is 1. The van der Waals surface area contributed by atoms with Crippen LogP contribution in [0.3, 0.4) is 0 Å². The second-order valence-corrected chi connectivity index (χ2v) is 3.20. The Labute approximate surface area is 121 Å². The molecule has 0 spiro atoms. The molecule has 21 heavy (non-hydrogen) atoms. The Morgan fingerprint density at radius 3 is 1.76 bits per heavy atom. The number of rotatable bonds is 4. The van der Waals surface area contributed by atoms with Gasteiger partial charge in [-0.15, -0.1) is 0 Å². The number of carboxylic acid groups (broad SMARTS) is 1. The molecule has 0 radical (unpaired) electrons. The molecule has 0 aliphatic heterocycles. The zero-order valence-corrected chi connectivity index (χ0v) is 11.7. The quantitative estimate of drug-likeness (QED) is 0.276. The molecule has 0 aromatic rings. The lowest BCUT2D eigenvalue weighted by molar-refractivity contribution is -0.134. The third-order valence-corrected chi connectivity index (χ3v) is 1.21. The highest BCUT2D eigenvalue weighted by Gasteiger charge is 1.99. The zero-order chi connectivity index (χ0) is 17.3. The van der Waals surface area contributed by atoms with E-state index in [2.05, 4.69) is 11.2 Å². The standard InChI is InChI=1S/C6H8N2O2.C3H5N3O.C2H4O2/c1-5(9)8-4-6(10)2-3-7;4-2-1-3(7)6-5;1-2(3)4/h2,4H2,1H3,(H,8,9);1,5H2,(H,6,7);1H3,(H,3,4). The highest BCUT2D eigenvalue weighted by molar-refractivity contribution is 5.86. The average molecular weight is 299 g/mol. The minimum Gasteiger partial charge on any atom is -0.481 e. The summed E-state index contributed by atoms with van der Waals surface area (Å²) in [6, 6.07) is 3.32. The molecule has 10 heteroatoms. The predicted molar refractivity (Wildman–Crippen MR) is 69.8 cm³/mol. The summed E-state index contributed by atoms with van der Waals surface area (Å²) in [7, 11) is 0. The van der Waals surface area contributed by atoms with Gasteiger partial charge < -0.3 is 10.4 Å². The normalized spacial score (nSPS) is 7.29. The maximum absolute atomic E-state index is 10.5. The van der Waals surface area contributed by atoms with Crippen molar-refractivity contribution in [1.29, 1.82) is 10.5 Å². The summed E-state index contributed by atoms with van der Waals surface area (Å²) in [5, 5.41) is 25.5. The molecule has 0 aliphatic carbocycles. The van der Waals surface area contributed by atoms with Gasteiger partial charge in [0.2, 0.25) is 11.8 Å². The van der Waals surface area contributed by atoms with Gasteiger partial charge in [0.1, 0.15) is 6.42 Å². The topological polar surface area (TPSA) is 186 Å². The fourth-order valence-corrected chi connectivity index (χ4v) is 0.497. The second kappa shape index (κ2) is 17.0. The zero-order valence-electron chi connectivity index (χ0n) is 11.7. The summed E-state index contributed by atoms with van der Waals surface area (Å²) in [6.45, 7) is 2.36. The van der Waals surface area contributed by atoms with Gasteiger partial charge in [-0.3, -0.25) is 24.6 Å². The molecule has 0 saturated carbocycles. The van der Waals surface area contributed by atoms with Gasteiger partial charge in [-0.25, -0.2) is 5.84 Å². The summed E-state index contributed by atoms with van der Waals surface area (Å²) in [6.07, 6.45) is -0.309. The summed E-state index contributed by atoms with van der Waals surface area (Å²) in [5.41, 5.74) is 1.80. The molecule has 0 atom stereocenters. The Kier molecular flexibility index (Phi) is 18.8. The van der Waals surface area contributed by atoms with Crippen molar-refractivity contribution >= 4 is 23.6 Å². The number of nitrogens with one attached hydrogen (secondary N) is 2. The molecule has 0 bridgehead atoms. The number of hydrazine groups is 1. The molecule has 0 saturated heterocycles. The van der Waals surface area contributed by atoms with E-state index in [1.54, 1.807) is 17.6 Å². The van der Waals surface area contributed by atoms with Crippen LogP contribution in [-0.2, 0) is 19.2 Å². The Hall–Kier alpha value is -2.98. The number of hydrogen-bond acceptors (Lipinski definition) is 7. The monoisotopic (exact) mass is 299 g/mol. The molecule has 0 aromatic heterocycles. The van der Waals surface area contributed by atoms with Crippen molar-refractivity contribution in [2.75, 3.05) is 6.54 Å². The van der Waals surface area contributed by atoms with Crippen molar-refractivity contribution < 1.29 is 24.3 Å². The minimum atomic E-state index is -0.833. The molecule has 0 rings (SSSR count). The van der Waals surface area contributed by atoms with Gasteiger partial charge in [-0.1, -0.05) is 0 Å². The van der Waals surface area contributed by atoms with Gasteiger partial charge in [0.05, 0.1) is 25.1 Å². The first-order valence-electron chi connectivity index (χ1n) is 5.40. The molecule has 0 unspecified atom stereocenters. The largest absolute Gasteiger partial charge is 0.481 e. The molecular formula is C11H17N5O5. The van der Waals surface area contributed by atoms with E-state index in [0.717, 1.165) is 6.92 Å². The number of nitriles is 2. The maximum atomic E-state index is 10.5. The van der Waals surface area contributed by atoms with Crippen molar-refractivity contribution in [2.24, 2.45) is 5.84 Å². The fourth-order valence-electron chi connectivity index (χ4n) is 0.497. The van der Waals surface area contributed by atoms with Crippen LogP contribution >= 0.6 is 0 Å². The van der Waals surface area contributed by atoms with E-state index in [0.29, 0.717) is 0 Å². The van der Waals surface area contributed by atoms with Gasteiger partial charge in [-0.05, 0) is 0 Å². The molecule has 0 aliphatic rings. The molecule has 5 N–H and O–H groups in total. The number of nitrogens with two attached hydrogens (primary N) is 1. The lowest BCUT2D eigenvalue weighted by Gasteiger charge is -1.95. The van der Waals surface area contributed by atoms with Crippen molar-refractivity contribution in [3.8, 4) is 12.1 Å². The van der Waals surface area contributed by atoms with Crippen LogP contribution in [-0.4, -0.2) is 35.2 Å². The van der Waals surface area contributed by atoms with Crippen LogP contribution in [0.5, 0.6) is 0 Å². The van der Waals surface area contributed by atoms with Crippen molar-refractivity contribution in [2.45, 2.75) is 26.7 Å². The number of hydrogen-bond donors (Lipinski definition) is 4. The third-order valence-electron chi connectivity index (χ3n) is 1.21. The van der Waals surface area contributed by atoms with E-state index < -0.39 is 11.9 Å². The van der Waals surface area contributed by atoms with Crippen LogP contribution in [0.1, 0.15) is 26.7 Å². The van der Waals surface area contributed by atoms with E-state index in [-0.39, 0.29) is 31.1 Å². The first-order valence-corrected chi connectivity index (χ1v) is 5.40. The Balaban J connectivity index is -0.000000256. The molecule has 0 heterocycles. The molecule has 0 fully saturated rings. The van der Waals surface area contributed by atoms with Gasteiger partial charge in [-0.2, -0.15) is 10.5 Å². The van der Waals surface area contributed by atoms with Gasteiger partial charge in [0.25, 0.3) is 5.97 Å². The number of carbonyl (C=O) groups excluding carboxylic acids is 3. The molecule has 2 amide bonds. The lowest BCUT2D eigenvalue weighted by atomic mass is 10.3. The van der Waals surface area contributed by atoms with Gasteiger partial charge in [0.15, 0.2) is 5.78 Å². The third kappa shape index (κ3) is 38.2.